The number of Topliss-reactive ketones (excluding diaryl/α,β-unsaturated/α-hetero) is 1. The van der Waals surface area contributed by atoms with Crippen LogP contribution in [0.1, 0.15) is 32.1 Å². The summed E-state index contributed by atoms with van der Waals surface area (Å²) in [5.41, 5.74) is 3.23. The maximum Gasteiger partial charge on any atom is 0.387 e. The van der Waals surface area contributed by atoms with Crippen LogP contribution in [0.25, 0.3) is 11.0 Å². The molecule has 1 heterocycles. The number of carbonyl (C=O) groups excluding carboxylic acids is 2. The van der Waals surface area contributed by atoms with Crippen molar-refractivity contribution < 1.29 is 27.8 Å². The van der Waals surface area contributed by atoms with E-state index in [0.717, 1.165) is 11.4 Å². The first kappa shape index (κ1) is 19.3. The van der Waals surface area contributed by atoms with Crippen molar-refractivity contribution >= 4 is 22.8 Å². The molecule has 0 N–H and O–H groups in total. The fourth-order valence-corrected chi connectivity index (χ4v) is 2.48. The Balaban J connectivity index is 1.65. The highest BCUT2D eigenvalue weighted by Gasteiger charge is 2.14. The number of ketones is 1. The average Bonchev–Trinajstić information content (AvgIpc) is 2.66. The molecule has 1 aromatic heterocycles. The zero-order chi connectivity index (χ0) is 20.3. The molecule has 2 aromatic carbocycles. The van der Waals surface area contributed by atoms with E-state index in [1.54, 1.807) is 18.2 Å². The highest BCUT2D eigenvalue weighted by Crippen LogP contribution is 2.17. The van der Waals surface area contributed by atoms with Crippen molar-refractivity contribution in [2.45, 2.75) is 20.5 Å². The summed E-state index contributed by atoms with van der Waals surface area (Å²) in [5, 5.41) is 0. The fourth-order valence-electron chi connectivity index (χ4n) is 2.48. The van der Waals surface area contributed by atoms with Crippen molar-refractivity contribution in [3.63, 3.8) is 0 Å². The molecule has 0 aliphatic heterocycles. The van der Waals surface area contributed by atoms with Crippen LogP contribution in [0.2, 0.25) is 0 Å². The summed E-state index contributed by atoms with van der Waals surface area (Å²) in [5.74, 6) is -1.21. The highest BCUT2D eigenvalue weighted by atomic mass is 19.3. The van der Waals surface area contributed by atoms with E-state index in [9.17, 15) is 18.4 Å². The van der Waals surface area contributed by atoms with E-state index < -0.39 is 25.0 Å². The molecule has 0 saturated heterocycles. The van der Waals surface area contributed by atoms with Crippen molar-refractivity contribution in [3.05, 3.63) is 65.0 Å². The van der Waals surface area contributed by atoms with Crippen LogP contribution in [0, 0.1) is 13.8 Å². The van der Waals surface area contributed by atoms with Gasteiger partial charge in [-0.1, -0.05) is 0 Å². The van der Waals surface area contributed by atoms with Gasteiger partial charge in [-0.25, -0.2) is 14.8 Å². The third-order valence-corrected chi connectivity index (χ3v) is 4.05. The molecule has 6 nitrogen and oxygen atoms in total. The topological polar surface area (TPSA) is 78.4 Å². The van der Waals surface area contributed by atoms with Gasteiger partial charge in [0.2, 0.25) is 0 Å². The Kier molecular flexibility index (Phi) is 5.58. The maximum absolute atomic E-state index is 12.2. The minimum absolute atomic E-state index is 0.0636. The van der Waals surface area contributed by atoms with Crippen LogP contribution in [0.15, 0.2) is 42.5 Å². The van der Waals surface area contributed by atoms with E-state index in [4.69, 9.17) is 4.74 Å². The SMILES string of the molecule is Cc1nc2ccc(C(=O)OCC(=O)c3ccc(OC(F)F)cc3)cc2nc1C. The molecule has 0 atom stereocenters. The van der Waals surface area contributed by atoms with E-state index in [1.165, 1.54) is 24.3 Å². The summed E-state index contributed by atoms with van der Waals surface area (Å²) in [6, 6.07) is 9.90. The van der Waals surface area contributed by atoms with Crippen molar-refractivity contribution in [1.82, 2.24) is 9.97 Å². The fraction of sp³-hybridized carbons (Fsp3) is 0.200. The Bertz CT molecular complexity index is 1040. The Morgan fingerprint density at radius 1 is 0.929 bits per heavy atom. The lowest BCUT2D eigenvalue weighted by atomic mass is 10.1. The number of aromatic nitrogens is 2. The number of hydrogen-bond acceptors (Lipinski definition) is 6. The van der Waals surface area contributed by atoms with E-state index in [0.29, 0.717) is 11.0 Å². The number of aryl methyl sites for hydroxylation is 2. The van der Waals surface area contributed by atoms with Crippen LogP contribution < -0.4 is 4.74 Å². The van der Waals surface area contributed by atoms with Gasteiger partial charge in [0.1, 0.15) is 5.75 Å². The molecule has 0 fully saturated rings. The van der Waals surface area contributed by atoms with Gasteiger partial charge in [-0.15, -0.1) is 0 Å². The normalized spacial score (nSPS) is 10.9. The quantitative estimate of drug-likeness (QED) is 0.472. The van der Waals surface area contributed by atoms with Gasteiger partial charge in [0.25, 0.3) is 0 Å². The van der Waals surface area contributed by atoms with Crippen molar-refractivity contribution in [3.8, 4) is 5.75 Å². The molecule has 0 aliphatic rings. The smallest absolute Gasteiger partial charge is 0.387 e. The number of halogens is 2. The lowest BCUT2D eigenvalue weighted by Crippen LogP contribution is -2.14. The number of hydrogen-bond donors (Lipinski definition) is 0. The van der Waals surface area contributed by atoms with Crippen LogP contribution in [-0.2, 0) is 4.74 Å². The molecule has 3 rings (SSSR count). The predicted octanol–water partition coefficient (Wildman–Crippen LogP) is 3.89. The minimum atomic E-state index is -2.94. The number of nitrogens with zero attached hydrogens (tertiary/aromatic N) is 2. The molecular formula is C20H16F2N2O4. The van der Waals surface area contributed by atoms with E-state index in [1.807, 2.05) is 13.8 Å². The lowest BCUT2D eigenvalue weighted by molar-refractivity contribution is -0.0498. The summed E-state index contributed by atoms with van der Waals surface area (Å²) in [7, 11) is 0. The molecule has 0 saturated carbocycles. The first-order valence-electron chi connectivity index (χ1n) is 8.33. The molecule has 28 heavy (non-hydrogen) atoms. The monoisotopic (exact) mass is 386 g/mol. The Hall–Kier alpha value is -3.42. The van der Waals surface area contributed by atoms with Gasteiger partial charge in [-0.2, -0.15) is 8.78 Å². The minimum Gasteiger partial charge on any atom is -0.454 e. The number of fused-ring (bicyclic) bond motifs is 1. The number of benzene rings is 2. The first-order chi connectivity index (χ1) is 13.3. The summed E-state index contributed by atoms with van der Waals surface area (Å²) in [6.45, 7) is 0.247. The van der Waals surface area contributed by atoms with Crippen LogP contribution in [0.4, 0.5) is 8.78 Å². The van der Waals surface area contributed by atoms with Gasteiger partial charge in [0.15, 0.2) is 12.4 Å². The second kappa shape index (κ2) is 8.08. The number of carbonyl (C=O) groups is 2. The van der Waals surface area contributed by atoms with Crippen LogP contribution in [-0.4, -0.2) is 34.9 Å². The first-order valence-corrected chi connectivity index (χ1v) is 8.33. The van der Waals surface area contributed by atoms with Crippen LogP contribution in [0.3, 0.4) is 0 Å². The van der Waals surface area contributed by atoms with E-state index in [2.05, 4.69) is 14.7 Å². The van der Waals surface area contributed by atoms with Crippen molar-refractivity contribution in [2.75, 3.05) is 6.61 Å². The van der Waals surface area contributed by atoms with E-state index in [-0.39, 0.29) is 16.9 Å². The van der Waals surface area contributed by atoms with Crippen LogP contribution in [0.5, 0.6) is 5.75 Å². The molecular weight excluding hydrogens is 370 g/mol. The summed E-state index contributed by atoms with van der Waals surface area (Å²) >= 11 is 0. The zero-order valence-corrected chi connectivity index (χ0v) is 15.1. The van der Waals surface area contributed by atoms with Gasteiger partial charge in [-0.3, -0.25) is 4.79 Å². The van der Waals surface area contributed by atoms with Gasteiger partial charge >= 0.3 is 12.6 Å². The molecule has 0 spiro atoms. The molecule has 144 valence electrons. The molecule has 0 bridgehead atoms. The summed E-state index contributed by atoms with van der Waals surface area (Å²) in [4.78, 5) is 33.1. The predicted molar refractivity (Wildman–Crippen MR) is 96.7 cm³/mol. The molecule has 0 unspecified atom stereocenters. The second-order valence-electron chi connectivity index (χ2n) is 6.00. The Morgan fingerprint density at radius 2 is 1.54 bits per heavy atom. The zero-order valence-electron chi connectivity index (χ0n) is 15.1. The third-order valence-electron chi connectivity index (χ3n) is 4.05. The van der Waals surface area contributed by atoms with Gasteiger partial charge < -0.3 is 9.47 Å². The standard InChI is InChI=1S/C20H16F2N2O4/c1-11-12(2)24-17-9-14(5-8-16(17)23-11)19(26)27-10-18(25)13-3-6-15(7-4-13)28-20(21)22/h3-9,20H,10H2,1-2H3. The van der Waals surface area contributed by atoms with E-state index >= 15 is 0 Å². The number of rotatable bonds is 6. The summed E-state index contributed by atoms with van der Waals surface area (Å²) < 4.78 is 33.5. The average molecular weight is 386 g/mol. The lowest BCUT2D eigenvalue weighted by Gasteiger charge is -2.07. The van der Waals surface area contributed by atoms with Crippen LogP contribution >= 0.6 is 0 Å². The molecule has 0 amide bonds. The Morgan fingerprint density at radius 3 is 2.18 bits per heavy atom. The van der Waals surface area contributed by atoms with Gasteiger partial charge in [-0.05, 0) is 56.3 Å². The molecule has 3 aromatic rings. The molecule has 0 radical (unpaired) electrons. The largest absolute Gasteiger partial charge is 0.454 e. The van der Waals surface area contributed by atoms with Gasteiger partial charge in [0.05, 0.1) is 28.0 Å². The maximum atomic E-state index is 12.2. The Labute approximate surface area is 159 Å². The highest BCUT2D eigenvalue weighted by molar-refractivity contribution is 6.00. The number of esters is 1. The van der Waals surface area contributed by atoms with Crippen molar-refractivity contribution in [1.29, 1.82) is 0 Å². The van der Waals surface area contributed by atoms with Crippen molar-refractivity contribution in [2.24, 2.45) is 0 Å². The number of ether oxygens (including phenoxy) is 2. The molecule has 0 aliphatic carbocycles. The summed E-state index contributed by atoms with van der Waals surface area (Å²) in [6.07, 6.45) is 0. The third kappa shape index (κ3) is 4.46. The number of alkyl halides is 2. The second-order valence-corrected chi connectivity index (χ2v) is 6.00. The molecule has 8 heteroatoms. The van der Waals surface area contributed by atoms with Gasteiger partial charge in [0, 0.05) is 5.56 Å².